The molecule has 6 amide bonds. The third kappa shape index (κ3) is 14.8. The first-order valence-electron chi connectivity index (χ1n) is 19.5. The number of hydrogen-bond acceptors (Lipinski definition) is 12. The lowest BCUT2D eigenvalue weighted by atomic mass is 10.0. The molecule has 0 saturated heterocycles. The minimum Gasteiger partial charge on any atom is -0.391 e. The van der Waals surface area contributed by atoms with Crippen molar-refractivity contribution in [3.8, 4) is 0 Å². The van der Waals surface area contributed by atoms with Crippen molar-refractivity contribution in [1.82, 2.24) is 21.3 Å². The SMILES string of the molecule is CC(O)C(NC(=O)CCC(=O)NC(C(=O)N[C@@H](Cc1ccccc1)C(=O)Nc1ccc([N+](=O)[O-])cc1Cl)C(C)O)C(=O)NC(Cc1ccccc1)C(=O)Nc1ccc([N+](=O)[O-])cc1Cl. The van der Waals surface area contributed by atoms with E-state index in [4.69, 9.17) is 23.2 Å². The van der Waals surface area contributed by atoms with Crippen molar-refractivity contribution in [2.75, 3.05) is 10.6 Å². The fraction of sp³-hybridized carbons (Fsp3) is 0.286. The average Bonchev–Trinajstić information content (AvgIpc) is 3.25. The van der Waals surface area contributed by atoms with E-state index < -0.39 is 94.5 Å². The number of non-ortho nitro benzene ring substituents is 2. The maximum absolute atomic E-state index is 13.5. The number of carbonyl (C=O) groups excluding carboxylic acids is 6. The van der Waals surface area contributed by atoms with E-state index in [1.807, 2.05) is 0 Å². The van der Waals surface area contributed by atoms with Crippen LogP contribution in [0.1, 0.15) is 37.8 Å². The highest BCUT2D eigenvalue weighted by Crippen LogP contribution is 2.28. The molecule has 0 spiro atoms. The van der Waals surface area contributed by atoms with Gasteiger partial charge in [0.1, 0.15) is 24.2 Å². The molecule has 0 aliphatic heterocycles. The highest BCUT2D eigenvalue weighted by molar-refractivity contribution is 6.34. The molecule has 0 bridgehead atoms. The zero-order valence-corrected chi connectivity index (χ0v) is 35.7. The Labute approximate surface area is 375 Å². The van der Waals surface area contributed by atoms with Crippen LogP contribution >= 0.6 is 23.2 Å². The van der Waals surface area contributed by atoms with Crippen molar-refractivity contribution in [2.24, 2.45) is 0 Å². The topological polar surface area (TPSA) is 301 Å². The summed E-state index contributed by atoms with van der Waals surface area (Å²) >= 11 is 12.3. The fourth-order valence-corrected chi connectivity index (χ4v) is 6.49. The van der Waals surface area contributed by atoms with Gasteiger partial charge in [0, 0.05) is 49.9 Å². The van der Waals surface area contributed by atoms with E-state index in [-0.39, 0.29) is 45.6 Å². The summed E-state index contributed by atoms with van der Waals surface area (Å²) in [7, 11) is 0. The van der Waals surface area contributed by atoms with Crippen LogP contribution in [0.15, 0.2) is 97.1 Å². The molecule has 64 heavy (non-hydrogen) atoms. The number of nitrogens with zero attached hydrogens (tertiary/aromatic N) is 2. The third-order valence-electron chi connectivity index (χ3n) is 9.42. The fourth-order valence-electron chi connectivity index (χ4n) is 6.05. The first-order valence-corrected chi connectivity index (χ1v) is 20.2. The standard InChI is InChI=1S/C42H44Cl2N8O12/c1-23(53)37(41(59)47-33(19-25-9-5-3-6-10-25)39(57)45-31-15-13-27(51(61)62)21-29(31)43)49-35(55)17-18-36(56)50-38(24(2)54)42(60)48-34(20-26-11-7-4-8-12-26)40(58)46-32-16-14-28(52(63)64)22-30(32)44/h3-16,21-24,33-34,37-38,53-54H,17-20H2,1-2H3,(H,45,57)(H,46,58)(H,47,59)(H,48,60)(H,49,55)(H,50,56)/t23?,24?,33-,34?,37?,38?/m0/s1. The van der Waals surface area contributed by atoms with Crippen molar-refractivity contribution < 1.29 is 48.8 Å². The summed E-state index contributed by atoms with van der Waals surface area (Å²) in [5, 5.41) is 57.7. The average molecular weight is 924 g/mol. The minimum atomic E-state index is -1.63. The third-order valence-corrected chi connectivity index (χ3v) is 10.0. The molecule has 4 aromatic rings. The Balaban J connectivity index is 1.40. The smallest absolute Gasteiger partial charge is 0.271 e. The molecule has 8 N–H and O–H groups in total. The largest absolute Gasteiger partial charge is 0.391 e. The molecule has 0 aliphatic carbocycles. The predicted octanol–water partition coefficient (Wildman–Crippen LogP) is 3.35. The molecule has 0 aromatic heterocycles. The van der Waals surface area contributed by atoms with Crippen LogP contribution in [0.25, 0.3) is 0 Å². The number of aliphatic hydroxyl groups excluding tert-OH is 2. The Morgan fingerprint density at radius 3 is 1.19 bits per heavy atom. The summed E-state index contributed by atoms with van der Waals surface area (Å²) in [5.74, 6) is -5.29. The van der Waals surface area contributed by atoms with Crippen LogP contribution in [0.2, 0.25) is 10.0 Å². The number of nitro groups is 2. The summed E-state index contributed by atoms with van der Waals surface area (Å²) in [6.07, 6.45) is -4.29. The number of halogens is 2. The van der Waals surface area contributed by atoms with Gasteiger partial charge in [0.25, 0.3) is 11.4 Å². The van der Waals surface area contributed by atoms with Gasteiger partial charge in [-0.3, -0.25) is 49.0 Å². The summed E-state index contributed by atoms with van der Waals surface area (Å²) in [4.78, 5) is 101. The molecule has 4 rings (SSSR count). The van der Waals surface area contributed by atoms with E-state index in [0.29, 0.717) is 11.1 Å². The van der Waals surface area contributed by atoms with Crippen molar-refractivity contribution in [3.63, 3.8) is 0 Å². The number of carbonyl (C=O) groups is 6. The highest BCUT2D eigenvalue weighted by atomic mass is 35.5. The van der Waals surface area contributed by atoms with Gasteiger partial charge in [-0.2, -0.15) is 0 Å². The molecule has 6 atom stereocenters. The summed E-state index contributed by atoms with van der Waals surface area (Å²) in [5.41, 5.74) is 0.625. The second-order valence-electron chi connectivity index (χ2n) is 14.4. The molecule has 22 heteroatoms. The van der Waals surface area contributed by atoms with Crippen LogP contribution in [-0.2, 0) is 41.6 Å². The first kappa shape index (κ1) is 49.7. The zero-order valence-electron chi connectivity index (χ0n) is 34.2. The van der Waals surface area contributed by atoms with Gasteiger partial charge in [0.15, 0.2) is 0 Å². The van der Waals surface area contributed by atoms with Crippen LogP contribution < -0.4 is 31.9 Å². The number of amides is 6. The van der Waals surface area contributed by atoms with E-state index >= 15 is 0 Å². The quantitative estimate of drug-likeness (QED) is 0.0441. The van der Waals surface area contributed by atoms with Crippen LogP contribution in [0.5, 0.6) is 0 Å². The summed E-state index contributed by atoms with van der Waals surface area (Å²) in [6, 6.07) is 17.9. The number of nitro benzene ring substituents is 2. The monoisotopic (exact) mass is 922 g/mol. The van der Waals surface area contributed by atoms with Gasteiger partial charge in [-0.15, -0.1) is 0 Å². The molecular weight excluding hydrogens is 879 g/mol. The molecule has 20 nitrogen and oxygen atoms in total. The Hall–Kier alpha value is -7.00. The zero-order chi connectivity index (χ0) is 47.1. The first-order chi connectivity index (χ1) is 30.3. The van der Waals surface area contributed by atoms with E-state index in [2.05, 4.69) is 31.9 Å². The lowest BCUT2D eigenvalue weighted by molar-refractivity contribution is -0.385. The number of nitrogens with one attached hydrogen (secondary N) is 6. The van der Waals surface area contributed by atoms with Gasteiger partial charge in [-0.25, -0.2) is 0 Å². The molecule has 0 saturated carbocycles. The second-order valence-corrected chi connectivity index (χ2v) is 15.2. The van der Waals surface area contributed by atoms with E-state index in [0.717, 1.165) is 24.3 Å². The maximum atomic E-state index is 13.5. The van der Waals surface area contributed by atoms with Crippen LogP contribution in [-0.4, -0.2) is 91.9 Å². The minimum absolute atomic E-state index is 0.0149. The molecule has 5 unspecified atom stereocenters. The van der Waals surface area contributed by atoms with Crippen molar-refractivity contribution in [2.45, 2.75) is 75.9 Å². The van der Waals surface area contributed by atoms with E-state index in [1.54, 1.807) is 60.7 Å². The molecule has 0 fully saturated rings. The normalized spacial score (nSPS) is 13.7. The molecule has 4 aromatic carbocycles. The molecule has 0 aliphatic rings. The van der Waals surface area contributed by atoms with Crippen LogP contribution in [0, 0.1) is 20.2 Å². The van der Waals surface area contributed by atoms with Gasteiger partial charge in [-0.1, -0.05) is 83.9 Å². The molecule has 338 valence electrons. The molecule has 0 heterocycles. The number of rotatable bonds is 21. The number of benzene rings is 4. The van der Waals surface area contributed by atoms with Gasteiger partial charge >= 0.3 is 0 Å². The molecular formula is C42H44Cl2N8O12. The number of anilines is 2. The predicted molar refractivity (Wildman–Crippen MR) is 234 cm³/mol. The maximum Gasteiger partial charge on any atom is 0.271 e. The van der Waals surface area contributed by atoms with E-state index in [1.165, 1.54) is 26.0 Å². The van der Waals surface area contributed by atoms with Gasteiger partial charge in [0.2, 0.25) is 35.4 Å². The van der Waals surface area contributed by atoms with E-state index in [9.17, 15) is 59.2 Å². The lowest BCUT2D eigenvalue weighted by Gasteiger charge is -2.25. The second kappa shape index (κ2) is 23.4. The van der Waals surface area contributed by atoms with Crippen LogP contribution in [0.3, 0.4) is 0 Å². The lowest BCUT2D eigenvalue weighted by Crippen LogP contribution is -2.57. The Morgan fingerprint density at radius 2 is 0.891 bits per heavy atom. The molecule has 0 radical (unpaired) electrons. The van der Waals surface area contributed by atoms with Crippen molar-refractivity contribution in [1.29, 1.82) is 0 Å². The summed E-state index contributed by atoms with van der Waals surface area (Å²) in [6.45, 7) is 2.41. The van der Waals surface area contributed by atoms with Gasteiger partial charge in [0.05, 0.1) is 43.5 Å². The summed E-state index contributed by atoms with van der Waals surface area (Å²) < 4.78 is 0. The Bertz CT molecular complexity index is 2190. The number of hydrogen-bond donors (Lipinski definition) is 8. The Morgan fingerprint density at radius 1 is 0.547 bits per heavy atom. The highest BCUT2D eigenvalue weighted by Gasteiger charge is 2.33. The number of aliphatic hydroxyl groups is 2. The van der Waals surface area contributed by atoms with Gasteiger partial charge < -0.3 is 42.1 Å². The van der Waals surface area contributed by atoms with Crippen molar-refractivity contribution in [3.05, 3.63) is 138 Å². The van der Waals surface area contributed by atoms with Crippen LogP contribution in [0.4, 0.5) is 22.7 Å². The van der Waals surface area contributed by atoms with Gasteiger partial charge in [-0.05, 0) is 37.1 Å². The Kier molecular flexibility index (Phi) is 18.2. The van der Waals surface area contributed by atoms with Crippen molar-refractivity contribution >= 4 is 81.4 Å².